The summed E-state index contributed by atoms with van der Waals surface area (Å²) in [7, 11) is 0. The van der Waals surface area contributed by atoms with Gasteiger partial charge in [0.2, 0.25) is 0 Å². The lowest BCUT2D eigenvalue weighted by Gasteiger charge is -2.34. The Hall–Kier alpha value is -2.49. The number of carbonyl (C=O) groups is 3. The largest absolute Gasteiger partial charge is 0.480 e. The van der Waals surface area contributed by atoms with Crippen LogP contribution in [0.1, 0.15) is 32.8 Å². The molecule has 27 heavy (non-hydrogen) atoms. The van der Waals surface area contributed by atoms with E-state index in [9.17, 15) is 24.6 Å². The van der Waals surface area contributed by atoms with Crippen LogP contribution in [0.3, 0.4) is 0 Å². The number of hydrazine groups is 2. The fourth-order valence-electron chi connectivity index (χ4n) is 2.45. The first kappa shape index (κ1) is 22.6. The molecule has 1 rings (SSSR count). The molecule has 0 aliphatic heterocycles. The van der Waals surface area contributed by atoms with Gasteiger partial charge in [0, 0.05) is 0 Å². The Bertz CT molecular complexity index is 637. The Labute approximate surface area is 157 Å². The van der Waals surface area contributed by atoms with Crippen LogP contribution < -0.4 is 10.9 Å². The molecule has 0 saturated heterocycles. The van der Waals surface area contributed by atoms with Gasteiger partial charge in [0.05, 0.1) is 0 Å². The first-order valence-electron chi connectivity index (χ1n) is 8.65. The van der Waals surface area contributed by atoms with E-state index >= 15 is 0 Å². The first-order chi connectivity index (χ1) is 12.6. The fourth-order valence-corrected chi connectivity index (χ4v) is 2.45. The van der Waals surface area contributed by atoms with Crippen molar-refractivity contribution < 1.29 is 29.7 Å². The number of nitrogens with one attached hydrogen (secondary N) is 2. The molecule has 0 aliphatic rings. The van der Waals surface area contributed by atoms with Crippen LogP contribution in [-0.4, -0.2) is 56.5 Å². The second kappa shape index (κ2) is 10.6. The molecule has 0 aromatic heterocycles. The van der Waals surface area contributed by atoms with Crippen molar-refractivity contribution in [3.8, 4) is 0 Å². The van der Waals surface area contributed by atoms with Crippen molar-refractivity contribution in [2.45, 2.75) is 51.7 Å². The Morgan fingerprint density at radius 3 is 1.96 bits per heavy atom. The molecular formula is C18H27N3O6. The molecule has 0 spiro atoms. The molecule has 0 radical (unpaired) electrons. The van der Waals surface area contributed by atoms with Crippen molar-refractivity contribution in [2.75, 3.05) is 0 Å². The van der Waals surface area contributed by atoms with E-state index in [2.05, 4.69) is 10.9 Å². The van der Waals surface area contributed by atoms with Gasteiger partial charge < -0.3 is 15.3 Å². The maximum absolute atomic E-state index is 11.7. The maximum atomic E-state index is 11.7. The Morgan fingerprint density at radius 1 is 0.926 bits per heavy atom. The molecule has 1 aromatic carbocycles. The van der Waals surface area contributed by atoms with E-state index in [0.29, 0.717) is 0 Å². The minimum Gasteiger partial charge on any atom is -0.480 e. The highest BCUT2D eigenvalue weighted by molar-refractivity contribution is 5.75. The SMILES string of the molecule is CC(C)C[C@@H](C(=O)O)N(N[C@@H](C)C(=O)O)N[C@@H](Cc1ccccc1)C(=O)O. The number of hydrogen-bond donors (Lipinski definition) is 5. The summed E-state index contributed by atoms with van der Waals surface area (Å²) in [5, 5.41) is 29.3. The van der Waals surface area contributed by atoms with Gasteiger partial charge in [-0.3, -0.25) is 14.4 Å². The van der Waals surface area contributed by atoms with E-state index in [1.807, 2.05) is 13.8 Å². The topological polar surface area (TPSA) is 139 Å². The van der Waals surface area contributed by atoms with Gasteiger partial charge in [0.25, 0.3) is 0 Å². The van der Waals surface area contributed by atoms with Crippen molar-refractivity contribution >= 4 is 17.9 Å². The number of benzene rings is 1. The third kappa shape index (κ3) is 7.73. The van der Waals surface area contributed by atoms with E-state index in [1.54, 1.807) is 30.3 Å². The molecule has 1 aromatic rings. The van der Waals surface area contributed by atoms with Crippen molar-refractivity contribution in [3.05, 3.63) is 35.9 Å². The van der Waals surface area contributed by atoms with Crippen LogP contribution in [0.25, 0.3) is 0 Å². The number of rotatable bonds is 12. The summed E-state index contributed by atoms with van der Waals surface area (Å²) in [6.07, 6.45) is 0.295. The van der Waals surface area contributed by atoms with E-state index in [-0.39, 0.29) is 18.8 Å². The minimum absolute atomic E-state index is 0.00487. The van der Waals surface area contributed by atoms with Crippen LogP contribution in [-0.2, 0) is 20.8 Å². The second-order valence-electron chi connectivity index (χ2n) is 6.75. The van der Waals surface area contributed by atoms with E-state index in [1.165, 1.54) is 6.92 Å². The molecule has 0 unspecified atom stereocenters. The number of hydrogen-bond acceptors (Lipinski definition) is 6. The molecule has 0 fully saturated rings. The third-order valence-electron chi connectivity index (χ3n) is 3.87. The normalized spacial score (nSPS) is 14.7. The smallest absolute Gasteiger partial charge is 0.323 e. The molecule has 0 heterocycles. The predicted octanol–water partition coefficient (Wildman–Crippen LogP) is 0.966. The molecule has 0 saturated carbocycles. The van der Waals surface area contributed by atoms with Gasteiger partial charge in [-0.1, -0.05) is 44.2 Å². The van der Waals surface area contributed by atoms with Gasteiger partial charge in [-0.2, -0.15) is 5.12 Å². The highest BCUT2D eigenvalue weighted by Crippen LogP contribution is 2.12. The van der Waals surface area contributed by atoms with E-state index in [4.69, 9.17) is 5.11 Å². The molecule has 9 heteroatoms. The van der Waals surface area contributed by atoms with Gasteiger partial charge >= 0.3 is 17.9 Å². The summed E-state index contributed by atoms with van der Waals surface area (Å²) in [6.45, 7) is 5.00. The van der Waals surface area contributed by atoms with Gasteiger partial charge in [0.15, 0.2) is 0 Å². The second-order valence-corrected chi connectivity index (χ2v) is 6.75. The first-order valence-corrected chi connectivity index (χ1v) is 8.65. The molecule has 150 valence electrons. The zero-order chi connectivity index (χ0) is 20.6. The predicted molar refractivity (Wildman–Crippen MR) is 97.7 cm³/mol. The molecule has 9 nitrogen and oxygen atoms in total. The summed E-state index contributed by atoms with van der Waals surface area (Å²) in [4.78, 5) is 34.6. The quantitative estimate of drug-likeness (QED) is 0.335. The van der Waals surface area contributed by atoms with Crippen molar-refractivity contribution in [2.24, 2.45) is 5.92 Å². The number of carboxylic acids is 3. The number of carboxylic acid groups (broad SMARTS) is 3. The van der Waals surface area contributed by atoms with Gasteiger partial charge in [-0.25, -0.2) is 10.9 Å². The highest BCUT2D eigenvalue weighted by atomic mass is 16.4. The van der Waals surface area contributed by atoms with Crippen molar-refractivity contribution in [3.63, 3.8) is 0 Å². The van der Waals surface area contributed by atoms with Gasteiger partial charge in [-0.05, 0) is 31.2 Å². The van der Waals surface area contributed by atoms with Crippen LogP contribution in [0.2, 0.25) is 0 Å². The minimum atomic E-state index is -1.19. The van der Waals surface area contributed by atoms with Crippen molar-refractivity contribution in [1.82, 2.24) is 16.0 Å². The number of nitrogens with zero attached hydrogens (tertiary/aromatic N) is 1. The molecular weight excluding hydrogens is 354 g/mol. The molecule has 0 amide bonds. The monoisotopic (exact) mass is 381 g/mol. The zero-order valence-corrected chi connectivity index (χ0v) is 15.6. The highest BCUT2D eigenvalue weighted by Gasteiger charge is 2.32. The lowest BCUT2D eigenvalue weighted by molar-refractivity contribution is -0.156. The Balaban J connectivity index is 3.08. The van der Waals surface area contributed by atoms with Crippen LogP contribution >= 0.6 is 0 Å². The van der Waals surface area contributed by atoms with Crippen LogP contribution in [0.4, 0.5) is 0 Å². The van der Waals surface area contributed by atoms with E-state index < -0.39 is 36.0 Å². The van der Waals surface area contributed by atoms with Crippen LogP contribution in [0, 0.1) is 5.92 Å². The average molecular weight is 381 g/mol. The summed E-state index contributed by atoms with van der Waals surface area (Å²) >= 11 is 0. The zero-order valence-electron chi connectivity index (χ0n) is 15.6. The lowest BCUT2D eigenvalue weighted by Crippen LogP contribution is -2.64. The van der Waals surface area contributed by atoms with E-state index in [0.717, 1.165) is 10.7 Å². The molecule has 3 atom stereocenters. The summed E-state index contributed by atoms with van der Waals surface area (Å²) in [5.74, 6) is -3.56. The van der Waals surface area contributed by atoms with Crippen LogP contribution in [0.5, 0.6) is 0 Å². The third-order valence-corrected chi connectivity index (χ3v) is 3.87. The Kier molecular flexibility index (Phi) is 8.86. The summed E-state index contributed by atoms with van der Waals surface area (Å²) in [6, 6.07) is 5.47. The maximum Gasteiger partial charge on any atom is 0.323 e. The average Bonchev–Trinajstić information content (AvgIpc) is 2.58. The van der Waals surface area contributed by atoms with Crippen molar-refractivity contribution in [1.29, 1.82) is 0 Å². The number of aliphatic carboxylic acids is 3. The summed E-state index contributed by atoms with van der Waals surface area (Å²) < 4.78 is 0. The standard InChI is InChI=1S/C18H27N3O6/c1-11(2)9-15(18(26)27)21(19-12(3)16(22)23)20-14(17(24)25)10-13-7-5-4-6-8-13/h4-8,11-12,14-15,19-20H,9-10H2,1-3H3,(H,22,23)(H,24,25)(H,26,27)/t12-,14-,15-/m0/s1. The molecule has 5 N–H and O–H groups in total. The lowest BCUT2D eigenvalue weighted by atomic mass is 10.0. The fraction of sp³-hybridized carbons (Fsp3) is 0.500. The van der Waals surface area contributed by atoms with Gasteiger partial charge in [-0.15, -0.1) is 0 Å². The summed E-state index contributed by atoms with van der Waals surface area (Å²) in [5.41, 5.74) is 5.96. The molecule has 0 aliphatic carbocycles. The van der Waals surface area contributed by atoms with Gasteiger partial charge in [0.1, 0.15) is 18.1 Å². The Morgan fingerprint density at radius 2 is 1.52 bits per heavy atom. The molecule has 0 bridgehead atoms. The van der Waals surface area contributed by atoms with Crippen LogP contribution in [0.15, 0.2) is 30.3 Å².